The number of hydrogen-bond donors (Lipinski definition) is 1. The molecule has 0 aliphatic carbocycles. The van der Waals surface area contributed by atoms with Crippen LogP contribution in [0.2, 0.25) is 0 Å². The third-order valence-corrected chi connectivity index (χ3v) is 5.27. The number of rotatable bonds is 7. The van der Waals surface area contributed by atoms with E-state index in [0.717, 1.165) is 6.54 Å². The van der Waals surface area contributed by atoms with Crippen molar-refractivity contribution < 1.29 is 0 Å². The van der Waals surface area contributed by atoms with E-state index >= 15 is 0 Å². The summed E-state index contributed by atoms with van der Waals surface area (Å²) >= 11 is 1.84. The lowest BCUT2D eigenvalue weighted by Crippen LogP contribution is -2.33. The molecule has 0 aliphatic rings. The molecule has 1 N–H and O–H groups in total. The fourth-order valence-electron chi connectivity index (χ4n) is 2.90. The molecule has 3 heteroatoms. The van der Waals surface area contributed by atoms with Crippen LogP contribution in [0.4, 0.5) is 0 Å². The first kappa shape index (κ1) is 16.2. The molecular formula is C18H26N2S. The van der Waals surface area contributed by atoms with Crippen LogP contribution in [0.25, 0.3) is 0 Å². The smallest absolute Gasteiger partial charge is 0.0410 e. The normalized spacial score (nSPS) is 15.9. The first-order valence-electron chi connectivity index (χ1n) is 7.59. The van der Waals surface area contributed by atoms with Gasteiger partial charge in [0.25, 0.3) is 0 Å². The highest BCUT2D eigenvalue weighted by Crippen LogP contribution is 2.27. The van der Waals surface area contributed by atoms with Crippen molar-refractivity contribution in [2.24, 2.45) is 5.92 Å². The first-order valence-corrected chi connectivity index (χ1v) is 8.47. The summed E-state index contributed by atoms with van der Waals surface area (Å²) in [5.41, 5.74) is 1.37. The SMILES string of the molecule is CNC(c1ccccc1)C(C)CN(C)C(C)c1cccs1. The van der Waals surface area contributed by atoms with Crippen molar-refractivity contribution in [2.75, 3.05) is 20.6 Å². The highest BCUT2D eigenvalue weighted by atomic mass is 32.1. The Balaban J connectivity index is 2.00. The minimum atomic E-state index is 0.393. The lowest BCUT2D eigenvalue weighted by atomic mass is 9.94. The Morgan fingerprint density at radius 3 is 2.38 bits per heavy atom. The Kier molecular flexibility index (Phi) is 5.97. The van der Waals surface area contributed by atoms with Crippen molar-refractivity contribution in [1.29, 1.82) is 0 Å². The largest absolute Gasteiger partial charge is 0.313 e. The van der Waals surface area contributed by atoms with Gasteiger partial charge in [0, 0.05) is 23.5 Å². The van der Waals surface area contributed by atoms with E-state index in [9.17, 15) is 0 Å². The quantitative estimate of drug-likeness (QED) is 0.818. The summed E-state index contributed by atoms with van der Waals surface area (Å²) in [5, 5.41) is 5.63. The van der Waals surface area contributed by atoms with Gasteiger partial charge >= 0.3 is 0 Å². The maximum Gasteiger partial charge on any atom is 0.0410 e. The molecular weight excluding hydrogens is 276 g/mol. The fraction of sp³-hybridized carbons (Fsp3) is 0.444. The molecule has 3 atom stereocenters. The molecule has 2 nitrogen and oxygen atoms in total. The van der Waals surface area contributed by atoms with Crippen LogP contribution in [-0.4, -0.2) is 25.5 Å². The second-order valence-electron chi connectivity index (χ2n) is 5.79. The van der Waals surface area contributed by atoms with Gasteiger partial charge in [-0.25, -0.2) is 0 Å². The maximum atomic E-state index is 3.47. The third-order valence-electron chi connectivity index (χ3n) is 4.23. The average Bonchev–Trinajstić information content (AvgIpc) is 3.02. The highest BCUT2D eigenvalue weighted by molar-refractivity contribution is 7.10. The molecule has 2 aromatic rings. The Bertz CT molecular complexity index is 509. The average molecular weight is 302 g/mol. The number of nitrogens with one attached hydrogen (secondary N) is 1. The minimum absolute atomic E-state index is 0.393. The predicted octanol–water partition coefficient (Wildman–Crippen LogP) is 4.34. The summed E-state index contributed by atoms with van der Waals surface area (Å²) in [6.45, 7) is 5.68. The Labute approximate surface area is 132 Å². The van der Waals surface area contributed by atoms with E-state index in [0.29, 0.717) is 18.0 Å². The second kappa shape index (κ2) is 7.74. The van der Waals surface area contributed by atoms with E-state index < -0.39 is 0 Å². The maximum absolute atomic E-state index is 3.47. The summed E-state index contributed by atoms with van der Waals surface area (Å²) in [6.07, 6.45) is 0. The van der Waals surface area contributed by atoms with Crippen LogP contribution in [0.5, 0.6) is 0 Å². The molecule has 0 radical (unpaired) electrons. The molecule has 1 aromatic heterocycles. The number of hydrogen-bond acceptors (Lipinski definition) is 3. The van der Waals surface area contributed by atoms with Gasteiger partial charge in [0.15, 0.2) is 0 Å². The summed E-state index contributed by atoms with van der Waals surface area (Å²) < 4.78 is 0. The number of thiophene rings is 1. The Morgan fingerprint density at radius 1 is 1.10 bits per heavy atom. The molecule has 0 fully saturated rings. The van der Waals surface area contributed by atoms with Crippen LogP contribution >= 0.6 is 11.3 Å². The molecule has 0 amide bonds. The van der Waals surface area contributed by atoms with E-state index in [1.807, 2.05) is 11.3 Å². The zero-order valence-corrected chi connectivity index (χ0v) is 14.2. The summed E-state index contributed by atoms with van der Waals surface area (Å²) in [5.74, 6) is 0.546. The van der Waals surface area contributed by atoms with E-state index in [4.69, 9.17) is 0 Å². The van der Waals surface area contributed by atoms with Gasteiger partial charge in [0.05, 0.1) is 0 Å². The van der Waals surface area contributed by atoms with Gasteiger partial charge in [-0.1, -0.05) is 43.3 Å². The second-order valence-corrected chi connectivity index (χ2v) is 6.76. The van der Waals surface area contributed by atoms with Crippen molar-refractivity contribution >= 4 is 11.3 Å². The van der Waals surface area contributed by atoms with Gasteiger partial charge in [-0.2, -0.15) is 0 Å². The van der Waals surface area contributed by atoms with Gasteiger partial charge < -0.3 is 5.32 Å². The van der Waals surface area contributed by atoms with E-state index in [2.05, 4.69) is 86.0 Å². The van der Waals surface area contributed by atoms with Crippen LogP contribution in [0.1, 0.15) is 36.4 Å². The number of nitrogens with zero attached hydrogens (tertiary/aromatic N) is 1. The van der Waals surface area contributed by atoms with Crippen molar-refractivity contribution in [3.05, 3.63) is 58.3 Å². The predicted molar refractivity (Wildman–Crippen MR) is 92.8 cm³/mol. The van der Waals surface area contributed by atoms with E-state index in [1.165, 1.54) is 10.4 Å². The van der Waals surface area contributed by atoms with Crippen LogP contribution in [0.15, 0.2) is 47.8 Å². The third kappa shape index (κ3) is 4.16. The molecule has 0 spiro atoms. The zero-order valence-electron chi connectivity index (χ0n) is 13.4. The van der Waals surface area contributed by atoms with Crippen LogP contribution in [-0.2, 0) is 0 Å². The molecule has 1 aromatic carbocycles. The van der Waals surface area contributed by atoms with Crippen LogP contribution in [0.3, 0.4) is 0 Å². The molecule has 1 heterocycles. The number of benzene rings is 1. The molecule has 114 valence electrons. The standard InChI is InChI=1S/C18H26N2S/c1-14(18(19-3)16-9-6-5-7-10-16)13-20(4)15(2)17-11-8-12-21-17/h5-12,14-15,18-19H,13H2,1-4H3. The Morgan fingerprint density at radius 2 is 1.81 bits per heavy atom. The summed E-state index contributed by atoms with van der Waals surface area (Å²) in [6, 6.07) is 15.9. The fourth-order valence-corrected chi connectivity index (χ4v) is 3.75. The Hall–Kier alpha value is -1.16. The van der Waals surface area contributed by atoms with Crippen molar-refractivity contribution in [3.8, 4) is 0 Å². The highest BCUT2D eigenvalue weighted by Gasteiger charge is 2.21. The van der Waals surface area contributed by atoms with Gasteiger partial charge in [0.2, 0.25) is 0 Å². The van der Waals surface area contributed by atoms with Crippen LogP contribution < -0.4 is 5.32 Å². The van der Waals surface area contributed by atoms with E-state index in [-0.39, 0.29) is 0 Å². The van der Waals surface area contributed by atoms with Crippen molar-refractivity contribution in [1.82, 2.24) is 10.2 Å². The van der Waals surface area contributed by atoms with Gasteiger partial charge in [-0.3, -0.25) is 4.90 Å². The molecule has 0 aliphatic heterocycles. The van der Waals surface area contributed by atoms with Crippen molar-refractivity contribution in [3.63, 3.8) is 0 Å². The zero-order chi connectivity index (χ0) is 15.2. The monoisotopic (exact) mass is 302 g/mol. The van der Waals surface area contributed by atoms with Crippen molar-refractivity contribution in [2.45, 2.75) is 25.9 Å². The molecule has 0 saturated carbocycles. The molecule has 3 unspecified atom stereocenters. The minimum Gasteiger partial charge on any atom is -0.313 e. The molecule has 2 rings (SSSR count). The first-order chi connectivity index (χ1) is 10.1. The molecule has 0 saturated heterocycles. The molecule has 21 heavy (non-hydrogen) atoms. The van der Waals surface area contributed by atoms with E-state index in [1.54, 1.807) is 0 Å². The lowest BCUT2D eigenvalue weighted by molar-refractivity contribution is 0.206. The summed E-state index contributed by atoms with van der Waals surface area (Å²) in [7, 11) is 4.27. The molecule has 0 bridgehead atoms. The van der Waals surface area contributed by atoms with Gasteiger partial charge in [0.1, 0.15) is 0 Å². The summed E-state index contributed by atoms with van der Waals surface area (Å²) in [4.78, 5) is 3.88. The van der Waals surface area contributed by atoms with Gasteiger partial charge in [-0.15, -0.1) is 11.3 Å². The van der Waals surface area contributed by atoms with Gasteiger partial charge in [-0.05, 0) is 43.9 Å². The topological polar surface area (TPSA) is 15.3 Å². The van der Waals surface area contributed by atoms with Crippen LogP contribution in [0, 0.1) is 5.92 Å². The lowest BCUT2D eigenvalue weighted by Gasteiger charge is -2.31.